The predicted octanol–water partition coefficient (Wildman–Crippen LogP) is 0.0262. The molecule has 2 aromatic heterocycles. The topological polar surface area (TPSA) is 105 Å². The summed E-state index contributed by atoms with van der Waals surface area (Å²) < 4.78 is 26.4. The molecule has 0 unspecified atom stereocenters. The van der Waals surface area contributed by atoms with Crippen molar-refractivity contribution in [2.45, 2.75) is 4.90 Å². The maximum atomic E-state index is 12.5. The number of nitrogens with two attached hydrogens (primary N) is 1. The molecule has 1 fully saturated rings. The number of aromatic nitrogens is 3. The number of nitrogens with zero attached hydrogens (tertiary/aromatic N) is 5. The van der Waals surface area contributed by atoms with Crippen molar-refractivity contribution in [2.75, 3.05) is 36.8 Å². The summed E-state index contributed by atoms with van der Waals surface area (Å²) in [4.78, 5) is 13.9. The summed E-state index contributed by atoms with van der Waals surface area (Å²) in [5.74, 6) is 0.0579. The third kappa shape index (κ3) is 2.82. The van der Waals surface area contributed by atoms with E-state index in [-0.39, 0.29) is 10.8 Å². The fourth-order valence-electron chi connectivity index (χ4n) is 2.10. The Morgan fingerprint density at radius 2 is 1.76 bits per heavy atom. The van der Waals surface area contributed by atoms with Gasteiger partial charge in [0, 0.05) is 37.8 Å². The molecule has 0 atom stereocenters. The molecule has 0 aliphatic carbocycles. The van der Waals surface area contributed by atoms with Crippen LogP contribution in [-0.2, 0) is 10.0 Å². The standard InChI is InChI=1S/C11H14N6O2S2/c12-10-14-7-9(8-15-10)21(18,19)17-4-2-16(3-5-17)11-13-1-6-20-11/h1,6-8H,2-5H2,(H2,12,14,15). The molecule has 10 heteroatoms. The number of piperazine rings is 1. The van der Waals surface area contributed by atoms with Crippen LogP contribution in [0.1, 0.15) is 0 Å². The van der Waals surface area contributed by atoms with Crippen molar-refractivity contribution < 1.29 is 8.42 Å². The highest BCUT2D eigenvalue weighted by molar-refractivity contribution is 7.89. The van der Waals surface area contributed by atoms with Gasteiger partial charge >= 0.3 is 0 Å². The lowest BCUT2D eigenvalue weighted by atomic mass is 10.4. The van der Waals surface area contributed by atoms with Gasteiger partial charge < -0.3 is 10.6 Å². The van der Waals surface area contributed by atoms with Gasteiger partial charge in [0.1, 0.15) is 4.90 Å². The minimum atomic E-state index is -3.56. The number of rotatable bonds is 3. The second-order valence-corrected chi connectivity index (χ2v) is 7.29. The molecular formula is C11H14N6O2S2. The Hall–Kier alpha value is -1.78. The monoisotopic (exact) mass is 326 g/mol. The second-order valence-electron chi connectivity index (χ2n) is 4.48. The van der Waals surface area contributed by atoms with E-state index >= 15 is 0 Å². The molecule has 2 N–H and O–H groups in total. The molecular weight excluding hydrogens is 312 g/mol. The highest BCUT2D eigenvalue weighted by Gasteiger charge is 2.29. The summed E-state index contributed by atoms with van der Waals surface area (Å²) in [7, 11) is -3.56. The van der Waals surface area contributed by atoms with Crippen molar-refractivity contribution in [2.24, 2.45) is 0 Å². The fraction of sp³-hybridized carbons (Fsp3) is 0.364. The van der Waals surface area contributed by atoms with Gasteiger partial charge in [-0.15, -0.1) is 11.3 Å². The van der Waals surface area contributed by atoms with E-state index in [2.05, 4.69) is 19.9 Å². The molecule has 3 heterocycles. The van der Waals surface area contributed by atoms with Crippen molar-refractivity contribution in [1.29, 1.82) is 0 Å². The van der Waals surface area contributed by atoms with E-state index < -0.39 is 10.0 Å². The molecule has 0 bridgehead atoms. The van der Waals surface area contributed by atoms with E-state index in [9.17, 15) is 8.42 Å². The van der Waals surface area contributed by atoms with Gasteiger partial charge in [0.05, 0.1) is 12.4 Å². The van der Waals surface area contributed by atoms with Crippen LogP contribution in [0.3, 0.4) is 0 Å². The second kappa shape index (κ2) is 5.54. The van der Waals surface area contributed by atoms with Gasteiger partial charge in [-0.2, -0.15) is 4.31 Å². The van der Waals surface area contributed by atoms with E-state index in [0.29, 0.717) is 26.2 Å². The van der Waals surface area contributed by atoms with Crippen molar-refractivity contribution in [1.82, 2.24) is 19.3 Å². The van der Waals surface area contributed by atoms with E-state index in [1.165, 1.54) is 16.7 Å². The highest BCUT2D eigenvalue weighted by atomic mass is 32.2. The third-order valence-electron chi connectivity index (χ3n) is 3.21. The molecule has 0 amide bonds. The minimum Gasteiger partial charge on any atom is -0.368 e. The van der Waals surface area contributed by atoms with E-state index in [0.717, 1.165) is 5.13 Å². The summed E-state index contributed by atoms with van der Waals surface area (Å²) in [6, 6.07) is 0. The first-order chi connectivity index (χ1) is 10.1. The van der Waals surface area contributed by atoms with Crippen LogP contribution in [-0.4, -0.2) is 53.9 Å². The Balaban J connectivity index is 1.72. The molecule has 0 radical (unpaired) electrons. The van der Waals surface area contributed by atoms with Gasteiger partial charge in [-0.05, 0) is 0 Å². The molecule has 3 rings (SSSR count). The Morgan fingerprint density at radius 3 is 2.33 bits per heavy atom. The summed E-state index contributed by atoms with van der Waals surface area (Å²) in [6.07, 6.45) is 4.23. The molecule has 21 heavy (non-hydrogen) atoms. The Bertz CT molecular complexity index is 693. The SMILES string of the molecule is Nc1ncc(S(=O)(=O)N2CCN(c3nccs3)CC2)cn1. The number of anilines is 2. The lowest BCUT2D eigenvalue weighted by Gasteiger charge is -2.33. The normalized spacial score (nSPS) is 17.0. The van der Waals surface area contributed by atoms with E-state index in [4.69, 9.17) is 5.73 Å². The third-order valence-corrected chi connectivity index (χ3v) is 5.90. The Kier molecular flexibility index (Phi) is 3.74. The van der Waals surface area contributed by atoms with Gasteiger partial charge in [-0.1, -0.05) is 0 Å². The summed E-state index contributed by atoms with van der Waals surface area (Å²) in [5, 5.41) is 2.83. The number of sulfonamides is 1. The fourth-order valence-corrected chi connectivity index (χ4v) is 4.11. The first-order valence-corrected chi connectivity index (χ1v) is 8.61. The number of hydrogen-bond acceptors (Lipinski definition) is 8. The molecule has 1 aliphatic heterocycles. The van der Waals surface area contributed by atoms with Gasteiger partial charge in [0.25, 0.3) is 0 Å². The van der Waals surface area contributed by atoms with Crippen LogP contribution in [0.5, 0.6) is 0 Å². The number of hydrogen-bond donors (Lipinski definition) is 1. The van der Waals surface area contributed by atoms with E-state index in [1.807, 2.05) is 5.38 Å². The van der Waals surface area contributed by atoms with Crippen LogP contribution in [0.25, 0.3) is 0 Å². The molecule has 2 aromatic rings. The van der Waals surface area contributed by atoms with E-state index in [1.54, 1.807) is 17.5 Å². The minimum absolute atomic E-state index is 0.0579. The van der Waals surface area contributed by atoms with Gasteiger partial charge in [0.2, 0.25) is 16.0 Å². The zero-order valence-corrected chi connectivity index (χ0v) is 12.7. The van der Waals surface area contributed by atoms with Crippen LogP contribution in [0.15, 0.2) is 28.9 Å². The smallest absolute Gasteiger partial charge is 0.246 e. The quantitative estimate of drug-likeness (QED) is 0.848. The maximum Gasteiger partial charge on any atom is 0.246 e. The molecule has 0 spiro atoms. The maximum absolute atomic E-state index is 12.5. The number of thiazole rings is 1. The first-order valence-electron chi connectivity index (χ1n) is 6.29. The average molecular weight is 326 g/mol. The molecule has 1 aliphatic rings. The van der Waals surface area contributed by atoms with Gasteiger partial charge in [-0.25, -0.2) is 23.4 Å². The van der Waals surface area contributed by atoms with Crippen molar-refractivity contribution >= 4 is 32.4 Å². The Morgan fingerprint density at radius 1 is 1.10 bits per heavy atom. The Labute approximate surface area is 126 Å². The molecule has 0 saturated carbocycles. The largest absolute Gasteiger partial charge is 0.368 e. The lowest BCUT2D eigenvalue weighted by Crippen LogP contribution is -2.48. The van der Waals surface area contributed by atoms with Crippen molar-refractivity contribution in [3.05, 3.63) is 24.0 Å². The highest BCUT2D eigenvalue weighted by Crippen LogP contribution is 2.22. The molecule has 0 aromatic carbocycles. The van der Waals surface area contributed by atoms with Crippen LogP contribution < -0.4 is 10.6 Å². The molecule has 8 nitrogen and oxygen atoms in total. The number of nitrogen functional groups attached to an aromatic ring is 1. The van der Waals surface area contributed by atoms with Crippen LogP contribution in [0, 0.1) is 0 Å². The predicted molar refractivity (Wildman–Crippen MR) is 79.5 cm³/mol. The molecule has 1 saturated heterocycles. The van der Waals surface area contributed by atoms with Gasteiger partial charge in [0.15, 0.2) is 5.13 Å². The summed E-state index contributed by atoms with van der Waals surface area (Å²) in [6.45, 7) is 2.05. The summed E-state index contributed by atoms with van der Waals surface area (Å²) in [5.41, 5.74) is 5.38. The average Bonchev–Trinajstić information content (AvgIpc) is 3.02. The van der Waals surface area contributed by atoms with Crippen molar-refractivity contribution in [3.8, 4) is 0 Å². The van der Waals surface area contributed by atoms with Crippen molar-refractivity contribution in [3.63, 3.8) is 0 Å². The summed E-state index contributed by atoms with van der Waals surface area (Å²) >= 11 is 1.55. The van der Waals surface area contributed by atoms with Crippen LogP contribution in [0.4, 0.5) is 11.1 Å². The van der Waals surface area contributed by atoms with Crippen LogP contribution in [0.2, 0.25) is 0 Å². The van der Waals surface area contributed by atoms with Gasteiger partial charge in [-0.3, -0.25) is 0 Å². The zero-order chi connectivity index (χ0) is 14.9. The van der Waals surface area contributed by atoms with Crippen LogP contribution >= 0.6 is 11.3 Å². The lowest BCUT2D eigenvalue weighted by molar-refractivity contribution is 0.384. The first kappa shape index (κ1) is 14.2. The molecule has 112 valence electrons. The zero-order valence-electron chi connectivity index (χ0n) is 11.1.